The number of carbonyl (C=O) groups is 2. The van der Waals surface area contributed by atoms with Gasteiger partial charge < -0.3 is 20.3 Å². The largest absolute Gasteiger partial charge is 0.466 e. The second-order valence-electron chi connectivity index (χ2n) is 17.5. The predicted molar refractivity (Wildman–Crippen MR) is 241 cm³/mol. The fourth-order valence-corrected chi connectivity index (χ4v) is 7.99. The fourth-order valence-electron chi connectivity index (χ4n) is 7.99. The number of hydrogen-bond acceptors (Lipinski definition) is 5. The quantitative estimate of drug-likeness (QED) is 0.0421. The summed E-state index contributed by atoms with van der Waals surface area (Å²) in [5.41, 5.74) is 0. The van der Waals surface area contributed by atoms with E-state index in [2.05, 4.69) is 19.2 Å². The summed E-state index contributed by atoms with van der Waals surface area (Å²) in [4.78, 5) is 24.5. The molecule has 2 atom stereocenters. The monoisotopic (exact) mass is 794 g/mol. The van der Waals surface area contributed by atoms with Gasteiger partial charge in [0, 0.05) is 12.8 Å². The second kappa shape index (κ2) is 46.5. The van der Waals surface area contributed by atoms with Crippen molar-refractivity contribution in [3.8, 4) is 0 Å². The zero-order chi connectivity index (χ0) is 40.8. The molecule has 3 N–H and O–H groups in total. The molecule has 0 aromatic heterocycles. The Morgan fingerprint density at radius 2 is 0.732 bits per heavy atom. The Labute approximate surface area is 349 Å². The van der Waals surface area contributed by atoms with Crippen LogP contribution in [-0.4, -0.2) is 47.4 Å². The molecule has 0 aromatic rings. The van der Waals surface area contributed by atoms with Crippen LogP contribution in [0.25, 0.3) is 0 Å². The molecule has 0 fully saturated rings. The van der Waals surface area contributed by atoms with Gasteiger partial charge in [0.25, 0.3) is 0 Å². The summed E-state index contributed by atoms with van der Waals surface area (Å²) >= 11 is 0. The molecule has 0 saturated carbocycles. The van der Waals surface area contributed by atoms with Crippen molar-refractivity contribution in [2.45, 2.75) is 296 Å². The van der Waals surface area contributed by atoms with Crippen molar-refractivity contribution in [1.82, 2.24) is 5.32 Å². The average Bonchev–Trinajstić information content (AvgIpc) is 3.20. The SMILES string of the molecule is CCCCCCCCCCCCCCCCCC(=O)OCCCCCCCCCCCCC(=O)NC(CO)C(O)CCCCCCCCCCCCCCCC. The van der Waals surface area contributed by atoms with Gasteiger partial charge in [-0.2, -0.15) is 0 Å². The van der Waals surface area contributed by atoms with Gasteiger partial charge in [-0.25, -0.2) is 0 Å². The first-order valence-electron chi connectivity index (χ1n) is 25.3. The number of rotatable bonds is 47. The van der Waals surface area contributed by atoms with Crippen molar-refractivity contribution < 1.29 is 24.5 Å². The minimum absolute atomic E-state index is 0.0154. The van der Waals surface area contributed by atoms with Crippen LogP contribution >= 0.6 is 0 Å². The number of hydrogen-bond donors (Lipinski definition) is 3. The number of amides is 1. The summed E-state index contributed by atoms with van der Waals surface area (Å²) < 4.78 is 5.46. The lowest BCUT2D eigenvalue weighted by atomic mass is 10.0. The predicted octanol–water partition coefficient (Wildman–Crippen LogP) is 14.8. The molecular weight excluding hydrogens is 695 g/mol. The Morgan fingerprint density at radius 1 is 0.429 bits per heavy atom. The minimum Gasteiger partial charge on any atom is -0.466 e. The van der Waals surface area contributed by atoms with E-state index < -0.39 is 12.1 Å². The highest BCUT2D eigenvalue weighted by atomic mass is 16.5. The highest BCUT2D eigenvalue weighted by molar-refractivity contribution is 5.76. The maximum Gasteiger partial charge on any atom is 0.305 e. The zero-order valence-electron chi connectivity index (χ0n) is 37.9. The molecule has 0 aliphatic carbocycles. The van der Waals surface area contributed by atoms with E-state index in [-0.39, 0.29) is 18.5 Å². The van der Waals surface area contributed by atoms with Crippen LogP contribution in [-0.2, 0) is 14.3 Å². The van der Waals surface area contributed by atoms with Gasteiger partial charge in [0.2, 0.25) is 5.91 Å². The summed E-state index contributed by atoms with van der Waals surface area (Å²) in [6.07, 6.45) is 50.6. The van der Waals surface area contributed by atoms with Gasteiger partial charge in [-0.3, -0.25) is 9.59 Å². The van der Waals surface area contributed by atoms with Crippen molar-refractivity contribution in [2.75, 3.05) is 13.2 Å². The number of ether oxygens (including phenoxy) is 1. The normalized spacial score (nSPS) is 12.6. The lowest BCUT2D eigenvalue weighted by Crippen LogP contribution is -2.45. The number of esters is 1. The number of aliphatic hydroxyl groups is 2. The van der Waals surface area contributed by atoms with E-state index in [1.165, 1.54) is 193 Å². The van der Waals surface area contributed by atoms with Gasteiger partial charge in [-0.1, -0.05) is 245 Å². The molecule has 0 aliphatic heterocycles. The Morgan fingerprint density at radius 3 is 1.09 bits per heavy atom. The summed E-state index contributed by atoms with van der Waals surface area (Å²) in [7, 11) is 0. The van der Waals surface area contributed by atoms with Crippen LogP contribution < -0.4 is 5.32 Å². The number of carbonyl (C=O) groups excluding carboxylic acids is 2. The average molecular weight is 794 g/mol. The molecule has 0 spiro atoms. The van der Waals surface area contributed by atoms with Gasteiger partial charge >= 0.3 is 5.97 Å². The molecule has 6 heteroatoms. The molecule has 0 aliphatic rings. The molecule has 56 heavy (non-hydrogen) atoms. The number of aliphatic hydroxyl groups excluding tert-OH is 2. The minimum atomic E-state index is -0.676. The molecule has 0 saturated heterocycles. The number of nitrogens with one attached hydrogen (secondary N) is 1. The molecule has 6 nitrogen and oxygen atoms in total. The molecule has 0 bridgehead atoms. The lowest BCUT2D eigenvalue weighted by molar-refractivity contribution is -0.143. The van der Waals surface area contributed by atoms with Gasteiger partial charge in [-0.15, -0.1) is 0 Å². The van der Waals surface area contributed by atoms with Crippen LogP contribution in [0.5, 0.6) is 0 Å². The molecule has 0 rings (SSSR count). The van der Waals surface area contributed by atoms with E-state index in [0.717, 1.165) is 57.8 Å². The first-order valence-corrected chi connectivity index (χ1v) is 25.3. The summed E-state index contributed by atoms with van der Waals surface area (Å²) in [6, 6.07) is -0.555. The molecule has 334 valence electrons. The maximum absolute atomic E-state index is 12.4. The second-order valence-corrected chi connectivity index (χ2v) is 17.5. The van der Waals surface area contributed by atoms with Crippen LogP contribution in [0.1, 0.15) is 284 Å². The smallest absolute Gasteiger partial charge is 0.305 e. The number of unbranched alkanes of at least 4 members (excludes halogenated alkanes) is 36. The summed E-state index contributed by atoms with van der Waals surface area (Å²) in [5, 5.41) is 23.2. The van der Waals surface area contributed by atoms with Gasteiger partial charge in [-0.05, 0) is 25.7 Å². The van der Waals surface area contributed by atoms with Crippen LogP contribution in [0, 0.1) is 0 Å². The summed E-state index contributed by atoms with van der Waals surface area (Å²) in [5.74, 6) is -0.0712. The van der Waals surface area contributed by atoms with Crippen LogP contribution in [0.4, 0.5) is 0 Å². The van der Waals surface area contributed by atoms with Crippen molar-refractivity contribution >= 4 is 11.9 Å². The fraction of sp³-hybridized carbons (Fsp3) is 0.960. The van der Waals surface area contributed by atoms with Crippen molar-refractivity contribution in [3.63, 3.8) is 0 Å². The summed E-state index contributed by atoms with van der Waals surface area (Å²) in [6.45, 7) is 4.91. The van der Waals surface area contributed by atoms with E-state index in [1.54, 1.807) is 0 Å². The first kappa shape index (κ1) is 54.9. The molecule has 1 amide bonds. The van der Waals surface area contributed by atoms with Crippen LogP contribution in [0.3, 0.4) is 0 Å². The third-order valence-corrected chi connectivity index (χ3v) is 11.9. The Balaban J connectivity index is 3.45. The van der Waals surface area contributed by atoms with Crippen molar-refractivity contribution in [1.29, 1.82) is 0 Å². The molecule has 0 aromatic carbocycles. The van der Waals surface area contributed by atoms with E-state index >= 15 is 0 Å². The van der Waals surface area contributed by atoms with Gasteiger partial charge in [0.05, 0.1) is 25.4 Å². The van der Waals surface area contributed by atoms with Crippen molar-refractivity contribution in [2.24, 2.45) is 0 Å². The molecule has 0 radical (unpaired) electrons. The Kier molecular flexibility index (Phi) is 45.6. The highest BCUT2D eigenvalue weighted by Crippen LogP contribution is 2.17. The maximum atomic E-state index is 12.4. The Bertz CT molecular complexity index is 791. The van der Waals surface area contributed by atoms with E-state index in [0.29, 0.717) is 25.9 Å². The third kappa shape index (κ3) is 42.5. The highest BCUT2D eigenvalue weighted by Gasteiger charge is 2.20. The molecule has 2 unspecified atom stereocenters. The zero-order valence-corrected chi connectivity index (χ0v) is 37.9. The third-order valence-electron chi connectivity index (χ3n) is 11.9. The Hall–Kier alpha value is -1.14. The van der Waals surface area contributed by atoms with Crippen LogP contribution in [0.2, 0.25) is 0 Å². The lowest BCUT2D eigenvalue weighted by Gasteiger charge is -2.22. The van der Waals surface area contributed by atoms with E-state index in [1.807, 2.05) is 0 Å². The molecular formula is C50H99NO5. The van der Waals surface area contributed by atoms with Crippen LogP contribution in [0.15, 0.2) is 0 Å². The van der Waals surface area contributed by atoms with Crippen molar-refractivity contribution in [3.05, 3.63) is 0 Å². The molecule has 0 heterocycles. The topological polar surface area (TPSA) is 95.9 Å². The standard InChI is InChI=1S/C50H99NO5/c1-3-5-7-9-11-13-15-17-19-21-23-28-32-36-40-44-50(55)56-45-41-37-33-29-25-24-27-31-35-39-43-49(54)51-47(46-52)48(53)42-38-34-30-26-22-20-18-16-14-12-10-8-6-4-2/h47-48,52-53H,3-46H2,1-2H3,(H,51,54). The van der Waals surface area contributed by atoms with E-state index in [9.17, 15) is 19.8 Å². The first-order chi connectivity index (χ1) is 27.5. The van der Waals surface area contributed by atoms with Gasteiger partial charge in [0.1, 0.15) is 0 Å². The van der Waals surface area contributed by atoms with Gasteiger partial charge in [0.15, 0.2) is 0 Å². The van der Waals surface area contributed by atoms with E-state index in [4.69, 9.17) is 4.74 Å².